The number of hydrogen-bond acceptors (Lipinski definition) is 7. The first-order chi connectivity index (χ1) is 18.3. The number of nitrogens with zero attached hydrogens (tertiary/aromatic N) is 3. The van der Waals surface area contributed by atoms with Crippen LogP contribution in [0.4, 0.5) is 0 Å². The lowest BCUT2D eigenvalue weighted by Gasteiger charge is -2.23. The summed E-state index contributed by atoms with van der Waals surface area (Å²) in [6.45, 7) is 5.73. The maximum absolute atomic E-state index is 13.5. The molecule has 1 heterocycles. The fraction of sp³-hybridized carbons (Fsp3) is 0.429. The molecule has 0 radical (unpaired) electrons. The molecule has 8 nitrogen and oxygen atoms in total. The zero-order valence-corrected chi connectivity index (χ0v) is 24.0. The highest BCUT2D eigenvalue weighted by Gasteiger charge is 2.25. The van der Waals surface area contributed by atoms with Crippen LogP contribution in [0.2, 0.25) is 5.02 Å². The van der Waals surface area contributed by atoms with E-state index in [1.54, 1.807) is 32.2 Å². The van der Waals surface area contributed by atoms with Gasteiger partial charge in [-0.2, -0.15) is 9.78 Å². The van der Waals surface area contributed by atoms with Crippen LogP contribution >= 0.6 is 27.5 Å². The van der Waals surface area contributed by atoms with Crippen LogP contribution in [-0.4, -0.2) is 41.2 Å². The molecule has 0 bridgehead atoms. The van der Waals surface area contributed by atoms with Crippen molar-refractivity contribution in [2.24, 2.45) is 5.10 Å². The number of carbonyl (C=O) groups excluding carboxylic acids is 1. The van der Waals surface area contributed by atoms with Gasteiger partial charge in [-0.15, -0.1) is 0 Å². The third-order valence-corrected chi connectivity index (χ3v) is 7.87. The van der Waals surface area contributed by atoms with E-state index in [1.807, 2.05) is 25.1 Å². The lowest BCUT2D eigenvalue weighted by Crippen LogP contribution is -2.26. The molecule has 1 fully saturated rings. The Labute approximate surface area is 235 Å². The molecule has 10 heteroatoms. The Morgan fingerprint density at radius 1 is 1.24 bits per heavy atom. The first-order valence-electron chi connectivity index (χ1n) is 12.9. The van der Waals surface area contributed by atoms with Crippen LogP contribution in [0.5, 0.6) is 11.5 Å². The minimum atomic E-state index is -0.890. The fourth-order valence-corrected chi connectivity index (χ4v) is 5.20. The van der Waals surface area contributed by atoms with Crippen LogP contribution in [0.15, 0.2) is 44.7 Å². The molecule has 1 aliphatic rings. The SMILES string of the molecule is CCOC(=O)[C@H](C)Oc1c(OCC)cc(C=Nn2c(C3CCCCC3)nc3ccccc3c2=O)c(Br)c1Cl. The van der Waals surface area contributed by atoms with Gasteiger partial charge in [0.25, 0.3) is 5.56 Å². The zero-order chi connectivity index (χ0) is 27.2. The molecule has 1 aliphatic carbocycles. The molecular formula is C28H31BrClN3O5. The van der Waals surface area contributed by atoms with E-state index in [1.165, 1.54) is 11.1 Å². The van der Waals surface area contributed by atoms with E-state index >= 15 is 0 Å². The maximum Gasteiger partial charge on any atom is 0.347 e. The molecule has 38 heavy (non-hydrogen) atoms. The Morgan fingerprint density at radius 3 is 2.68 bits per heavy atom. The largest absolute Gasteiger partial charge is 0.490 e. The third kappa shape index (κ3) is 6.04. The molecule has 4 rings (SSSR count). The van der Waals surface area contributed by atoms with Crippen molar-refractivity contribution in [3.8, 4) is 11.5 Å². The Balaban J connectivity index is 1.77. The van der Waals surface area contributed by atoms with Gasteiger partial charge in [0, 0.05) is 16.0 Å². The van der Waals surface area contributed by atoms with Gasteiger partial charge in [0.05, 0.1) is 30.3 Å². The molecule has 202 valence electrons. The summed E-state index contributed by atoms with van der Waals surface area (Å²) in [5.41, 5.74) is 1.02. The maximum atomic E-state index is 13.5. The molecule has 0 N–H and O–H groups in total. The second-order valence-corrected chi connectivity index (χ2v) is 10.2. The fourth-order valence-electron chi connectivity index (χ4n) is 4.55. The van der Waals surface area contributed by atoms with E-state index in [4.69, 9.17) is 30.8 Å². The first-order valence-corrected chi connectivity index (χ1v) is 14.1. The van der Waals surface area contributed by atoms with Crippen molar-refractivity contribution in [3.63, 3.8) is 0 Å². The van der Waals surface area contributed by atoms with Crippen molar-refractivity contribution in [2.45, 2.75) is 64.9 Å². The Morgan fingerprint density at radius 2 is 1.97 bits per heavy atom. The van der Waals surface area contributed by atoms with Crippen molar-refractivity contribution < 1.29 is 19.0 Å². The van der Waals surface area contributed by atoms with Crippen LogP contribution in [0.1, 0.15) is 70.2 Å². The van der Waals surface area contributed by atoms with Crippen LogP contribution in [0, 0.1) is 0 Å². The van der Waals surface area contributed by atoms with E-state index in [0.717, 1.165) is 25.7 Å². The van der Waals surface area contributed by atoms with Crippen molar-refractivity contribution in [1.82, 2.24) is 9.66 Å². The molecule has 3 aromatic rings. The number of carbonyl (C=O) groups is 1. The van der Waals surface area contributed by atoms with Gasteiger partial charge < -0.3 is 14.2 Å². The molecule has 0 aliphatic heterocycles. The van der Waals surface area contributed by atoms with Crippen LogP contribution in [0.3, 0.4) is 0 Å². The minimum absolute atomic E-state index is 0.157. The zero-order valence-electron chi connectivity index (χ0n) is 21.7. The average Bonchev–Trinajstić information content (AvgIpc) is 2.93. The standard InChI is InChI=1S/C28H31BrClN3O5/c1-4-36-22-15-19(23(29)24(30)25(22)38-17(3)28(35)37-5-2)16-31-33-26(18-11-7-6-8-12-18)32-21-14-10-9-13-20(21)27(33)34/h9-10,13-18H,4-8,11-12H2,1-3H3/t17-/m0/s1. The number of fused-ring (bicyclic) bond motifs is 1. The summed E-state index contributed by atoms with van der Waals surface area (Å²) in [6.07, 6.45) is 5.99. The Hall–Kier alpha value is -2.91. The van der Waals surface area contributed by atoms with Gasteiger partial charge in [-0.05, 0) is 67.7 Å². The number of aromatic nitrogens is 2. The van der Waals surface area contributed by atoms with Crippen LogP contribution < -0.4 is 15.0 Å². The summed E-state index contributed by atoms with van der Waals surface area (Å²) in [7, 11) is 0. The van der Waals surface area contributed by atoms with Crippen molar-refractivity contribution in [3.05, 3.63) is 61.6 Å². The van der Waals surface area contributed by atoms with Gasteiger partial charge in [0.15, 0.2) is 17.6 Å². The number of benzene rings is 2. The number of esters is 1. The highest BCUT2D eigenvalue weighted by molar-refractivity contribution is 9.10. The number of para-hydroxylation sites is 1. The summed E-state index contributed by atoms with van der Waals surface area (Å²) in [4.78, 5) is 30.5. The van der Waals surface area contributed by atoms with Crippen molar-refractivity contribution in [1.29, 1.82) is 0 Å². The number of hydrogen-bond donors (Lipinski definition) is 0. The Kier molecular flexibility index (Phi) is 9.44. The number of rotatable bonds is 9. The van der Waals surface area contributed by atoms with Crippen LogP contribution in [-0.2, 0) is 9.53 Å². The molecule has 1 saturated carbocycles. The number of halogens is 2. The molecule has 0 spiro atoms. The smallest absolute Gasteiger partial charge is 0.347 e. The van der Waals surface area contributed by atoms with E-state index in [0.29, 0.717) is 39.1 Å². The normalized spacial score (nSPS) is 15.1. The summed E-state index contributed by atoms with van der Waals surface area (Å²) >= 11 is 10.2. The molecule has 0 amide bonds. The highest BCUT2D eigenvalue weighted by Crippen LogP contribution is 2.43. The van der Waals surface area contributed by atoms with Crippen LogP contribution in [0.25, 0.3) is 10.9 Å². The molecule has 0 unspecified atom stereocenters. The molecule has 0 saturated heterocycles. The number of ether oxygens (including phenoxy) is 3. The highest BCUT2D eigenvalue weighted by atomic mass is 79.9. The van der Waals surface area contributed by atoms with Gasteiger partial charge >= 0.3 is 5.97 Å². The summed E-state index contributed by atoms with van der Waals surface area (Å²) in [5, 5.41) is 5.33. The molecule has 1 aromatic heterocycles. The van der Waals surface area contributed by atoms with Crippen molar-refractivity contribution in [2.75, 3.05) is 13.2 Å². The summed E-state index contributed by atoms with van der Waals surface area (Å²) in [6, 6.07) is 9.03. The van der Waals surface area contributed by atoms with E-state index in [2.05, 4.69) is 21.0 Å². The van der Waals surface area contributed by atoms with E-state index in [9.17, 15) is 9.59 Å². The third-order valence-electron chi connectivity index (χ3n) is 6.43. The first kappa shape index (κ1) is 28.1. The van der Waals surface area contributed by atoms with Crippen molar-refractivity contribution >= 4 is 50.6 Å². The lowest BCUT2D eigenvalue weighted by atomic mass is 9.88. The average molecular weight is 605 g/mol. The second kappa shape index (κ2) is 12.8. The molecule has 1 atom stereocenters. The predicted octanol–water partition coefficient (Wildman–Crippen LogP) is 6.47. The lowest BCUT2D eigenvalue weighted by molar-refractivity contribution is -0.150. The van der Waals surface area contributed by atoms with Gasteiger partial charge in [0.2, 0.25) is 0 Å². The van der Waals surface area contributed by atoms with Gasteiger partial charge in [0.1, 0.15) is 10.8 Å². The second-order valence-electron chi connectivity index (χ2n) is 9.05. The monoisotopic (exact) mass is 603 g/mol. The minimum Gasteiger partial charge on any atom is -0.490 e. The summed E-state index contributed by atoms with van der Waals surface area (Å²) in [5.74, 6) is 0.871. The van der Waals surface area contributed by atoms with Gasteiger partial charge in [-0.25, -0.2) is 9.78 Å². The van der Waals surface area contributed by atoms with Gasteiger partial charge in [-0.1, -0.05) is 43.0 Å². The molecule has 2 aromatic carbocycles. The Bertz CT molecular complexity index is 1400. The topological polar surface area (TPSA) is 92.0 Å². The predicted molar refractivity (Wildman–Crippen MR) is 152 cm³/mol. The summed E-state index contributed by atoms with van der Waals surface area (Å²) < 4.78 is 18.6. The molecular weight excluding hydrogens is 574 g/mol. The quantitative estimate of drug-likeness (QED) is 0.205. The van der Waals surface area contributed by atoms with Gasteiger partial charge in [-0.3, -0.25) is 4.79 Å². The van der Waals surface area contributed by atoms with E-state index in [-0.39, 0.29) is 28.9 Å². The van der Waals surface area contributed by atoms with E-state index < -0.39 is 12.1 Å².